The van der Waals surface area contributed by atoms with Crippen molar-refractivity contribution in [3.05, 3.63) is 69.2 Å². The highest BCUT2D eigenvalue weighted by atomic mass is 35.5. The summed E-state index contributed by atoms with van der Waals surface area (Å²) in [6, 6.07) is 12.5. The molecule has 6 nitrogen and oxygen atoms in total. The van der Waals surface area contributed by atoms with E-state index in [1.165, 1.54) is 4.90 Å². The van der Waals surface area contributed by atoms with Crippen LogP contribution in [0.4, 0.5) is 0 Å². The van der Waals surface area contributed by atoms with Crippen molar-refractivity contribution in [3.63, 3.8) is 0 Å². The van der Waals surface area contributed by atoms with Crippen LogP contribution in [0.5, 0.6) is 0 Å². The topological polar surface area (TPSA) is 60.9 Å². The van der Waals surface area contributed by atoms with Crippen molar-refractivity contribution in [1.29, 1.82) is 0 Å². The average molecular weight is 488 g/mol. The molecule has 0 aromatic heterocycles. The minimum atomic E-state index is -0.218. The number of unbranched alkanes of at least 4 members (excludes halogenated alkanes) is 2. The molecule has 2 heterocycles. The number of piperazine rings is 1. The Morgan fingerprint density at radius 1 is 0.848 bits per heavy atom. The highest BCUT2D eigenvalue weighted by molar-refractivity contribution is 6.35. The van der Waals surface area contributed by atoms with E-state index in [9.17, 15) is 14.4 Å². The Morgan fingerprint density at radius 2 is 1.52 bits per heavy atom. The van der Waals surface area contributed by atoms with Crippen LogP contribution in [-0.2, 0) is 11.3 Å². The van der Waals surface area contributed by atoms with E-state index in [-0.39, 0.29) is 17.7 Å². The van der Waals surface area contributed by atoms with Crippen LogP contribution in [0.2, 0.25) is 10.0 Å². The molecule has 0 spiro atoms. The molecule has 1 fully saturated rings. The average Bonchev–Trinajstić information content (AvgIpc) is 3.06. The Kier molecular flexibility index (Phi) is 7.68. The molecule has 2 aromatic rings. The van der Waals surface area contributed by atoms with Gasteiger partial charge in [-0.25, -0.2) is 0 Å². The Hall–Kier alpha value is -2.41. The second-order valence-electron chi connectivity index (χ2n) is 8.51. The number of rotatable bonds is 8. The number of imide groups is 1. The zero-order chi connectivity index (χ0) is 23.4. The maximum absolute atomic E-state index is 12.6. The van der Waals surface area contributed by atoms with Crippen LogP contribution in [0.3, 0.4) is 0 Å². The molecule has 8 heteroatoms. The molecule has 0 radical (unpaired) electrons. The molecule has 0 bridgehead atoms. The SMILES string of the molecule is O=C(CCCCCN1C(=O)c2ccccc2C1=O)N1CCN(Cc2ccc(Cl)cc2Cl)CC1. The zero-order valence-electron chi connectivity index (χ0n) is 18.4. The standard InChI is InChI=1S/C25H27Cl2N3O3/c26-19-10-9-18(22(27)16-19)17-28-12-14-29(15-13-28)23(31)8-2-1-5-11-30-24(32)20-6-3-4-7-21(20)25(30)33/h3-4,6-7,9-10,16H,1-2,5,8,11-15,17H2. The van der Waals surface area contributed by atoms with E-state index in [1.807, 2.05) is 17.0 Å². The summed E-state index contributed by atoms with van der Waals surface area (Å²) in [5, 5.41) is 1.30. The number of amides is 3. The lowest BCUT2D eigenvalue weighted by Crippen LogP contribution is -2.48. The van der Waals surface area contributed by atoms with E-state index in [0.29, 0.717) is 53.6 Å². The van der Waals surface area contributed by atoms with Gasteiger partial charge in [0.15, 0.2) is 0 Å². The van der Waals surface area contributed by atoms with Crippen molar-refractivity contribution < 1.29 is 14.4 Å². The van der Waals surface area contributed by atoms with Crippen molar-refractivity contribution in [3.8, 4) is 0 Å². The molecule has 0 aliphatic carbocycles. The number of hydrogen-bond acceptors (Lipinski definition) is 4. The molecular formula is C25H27Cl2N3O3. The summed E-state index contributed by atoms with van der Waals surface area (Å²) in [6.07, 6.45) is 2.75. The molecule has 2 aliphatic heterocycles. The number of nitrogens with zero attached hydrogens (tertiary/aromatic N) is 3. The van der Waals surface area contributed by atoms with Gasteiger partial charge in [-0.2, -0.15) is 0 Å². The van der Waals surface area contributed by atoms with Gasteiger partial charge in [0.25, 0.3) is 11.8 Å². The first-order valence-electron chi connectivity index (χ1n) is 11.3. The van der Waals surface area contributed by atoms with Crippen LogP contribution in [0.25, 0.3) is 0 Å². The Bertz CT molecular complexity index is 1020. The molecule has 174 valence electrons. The van der Waals surface area contributed by atoms with E-state index < -0.39 is 0 Å². The van der Waals surface area contributed by atoms with Gasteiger partial charge in [-0.3, -0.25) is 24.2 Å². The van der Waals surface area contributed by atoms with Crippen LogP contribution < -0.4 is 0 Å². The second-order valence-corrected chi connectivity index (χ2v) is 9.35. The van der Waals surface area contributed by atoms with E-state index in [1.54, 1.807) is 30.3 Å². The van der Waals surface area contributed by atoms with Crippen LogP contribution in [0.15, 0.2) is 42.5 Å². The van der Waals surface area contributed by atoms with Gasteiger partial charge in [-0.1, -0.05) is 47.8 Å². The molecular weight excluding hydrogens is 461 g/mol. The third-order valence-corrected chi connectivity index (χ3v) is 6.87. The molecule has 2 aromatic carbocycles. The fourth-order valence-electron chi connectivity index (χ4n) is 4.37. The van der Waals surface area contributed by atoms with Crippen molar-refractivity contribution >= 4 is 40.9 Å². The molecule has 2 aliphatic rings. The van der Waals surface area contributed by atoms with Crippen LogP contribution in [0, 0.1) is 0 Å². The highest BCUT2D eigenvalue weighted by Crippen LogP contribution is 2.24. The molecule has 0 unspecified atom stereocenters. The summed E-state index contributed by atoms with van der Waals surface area (Å²) in [5.74, 6) is -0.270. The molecule has 0 saturated carbocycles. The van der Waals surface area contributed by atoms with Crippen molar-refractivity contribution in [2.75, 3.05) is 32.7 Å². The number of carbonyl (C=O) groups excluding carboxylic acids is 3. The van der Waals surface area contributed by atoms with Crippen molar-refractivity contribution in [2.24, 2.45) is 0 Å². The first kappa shape index (κ1) is 23.7. The maximum atomic E-state index is 12.6. The summed E-state index contributed by atoms with van der Waals surface area (Å²) in [6.45, 7) is 4.18. The molecule has 0 N–H and O–H groups in total. The van der Waals surface area contributed by atoms with Gasteiger partial charge in [-0.05, 0) is 42.7 Å². The lowest BCUT2D eigenvalue weighted by atomic mass is 10.1. The number of fused-ring (bicyclic) bond motifs is 1. The van der Waals surface area contributed by atoms with Crippen LogP contribution in [-0.4, -0.2) is 65.1 Å². The fraction of sp³-hybridized carbons (Fsp3) is 0.400. The minimum Gasteiger partial charge on any atom is -0.340 e. The molecule has 33 heavy (non-hydrogen) atoms. The van der Waals surface area contributed by atoms with Gasteiger partial charge >= 0.3 is 0 Å². The highest BCUT2D eigenvalue weighted by Gasteiger charge is 2.34. The summed E-state index contributed by atoms with van der Waals surface area (Å²) in [5.41, 5.74) is 2.00. The lowest BCUT2D eigenvalue weighted by Gasteiger charge is -2.35. The zero-order valence-corrected chi connectivity index (χ0v) is 19.9. The number of benzene rings is 2. The first-order valence-corrected chi connectivity index (χ1v) is 12.1. The van der Waals surface area contributed by atoms with E-state index in [0.717, 1.165) is 38.0 Å². The fourth-order valence-corrected chi connectivity index (χ4v) is 4.84. The quantitative estimate of drug-likeness (QED) is 0.406. The van der Waals surface area contributed by atoms with Gasteiger partial charge in [0, 0.05) is 55.7 Å². The van der Waals surface area contributed by atoms with Crippen LogP contribution >= 0.6 is 23.2 Å². The predicted molar refractivity (Wildman–Crippen MR) is 129 cm³/mol. The van der Waals surface area contributed by atoms with E-state index in [4.69, 9.17) is 23.2 Å². The van der Waals surface area contributed by atoms with Gasteiger partial charge in [0.2, 0.25) is 5.91 Å². The summed E-state index contributed by atoms with van der Waals surface area (Å²) >= 11 is 12.2. The summed E-state index contributed by atoms with van der Waals surface area (Å²) in [4.78, 5) is 42.9. The third kappa shape index (κ3) is 5.57. The van der Waals surface area contributed by atoms with Crippen LogP contribution in [0.1, 0.15) is 52.0 Å². The first-order chi connectivity index (χ1) is 15.9. The predicted octanol–water partition coefficient (Wildman–Crippen LogP) is 4.49. The molecule has 3 amide bonds. The molecule has 4 rings (SSSR count). The largest absolute Gasteiger partial charge is 0.340 e. The second kappa shape index (κ2) is 10.7. The smallest absolute Gasteiger partial charge is 0.261 e. The number of halogens is 2. The van der Waals surface area contributed by atoms with Gasteiger partial charge in [-0.15, -0.1) is 0 Å². The third-order valence-electron chi connectivity index (χ3n) is 6.28. The Morgan fingerprint density at radius 3 is 2.15 bits per heavy atom. The van der Waals surface area contributed by atoms with E-state index in [2.05, 4.69) is 4.90 Å². The van der Waals surface area contributed by atoms with Crippen molar-refractivity contribution in [1.82, 2.24) is 14.7 Å². The van der Waals surface area contributed by atoms with E-state index >= 15 is 0 Å². The Balaban J connectivity index is 1.14. The lowest BCUT2D eigenvalue weighted by molar-refractivity contribution is -0.133. The molecule has 0 atom stereocenters. The number of carbonyl (C=O) groups is 3. The maximum Gasteiger partial charge on any atom is 0.261 e. The number of hydrogen-bond donors (Lipinski definition) is 0. The summed E-state index contributed by atoms with van der Waals surface area (Å²) in [7, 11) is 0. The van der Waals surface area contributed by atoms with Crippen molar-refractivity contribution in [2.45, 2.75) is 32.2 Å². The van der Waals surface area contributed by atoms with Gasteiger partial charge in [0.1, 0.15) is 0 Å². The summed E-state index contributed by atoms with van der Waals surface area (Å²) < 4.78 is 0. The normalized spacial score (nSPS) is 16.4. The monoisotopic (exact) mass is 487 g/mol. The van der Waals surface area contributed by atoms with Gasteiger partial charge < -0.3 is 4.90 Å². The minimum absolute atomic E-state index is 0.167. The molecule has 1 saturated heterocycles. The Labute approximate surface area is 204 Å². The van der Waals surface area contributed by atoms with Gasteiger partial charge in [0.05, 0.1) is 11.1 Å².